The van der Waals surface area contributed by atoms with Gasteiger partial charge in [-0.25, -0.2) is 8.42 Å². The minimum atomic E-state index is -3.50. The van der Waals surface area contributed by atoms with Gasteiger partial charge in [0.2, 0.25) is 10.0 Å². The average Bonchev–Trinajstić information content (AvgIpc) is 2.86. The molecule has 0 aliphatic rings. The minimum Gasteiger partial charge on any atom is -0.493 e. The Hall–Kier alpha value is -3.72. The van der Waals surface area contributed by atoms with E-state index in [1.54, 1.807) is 44.6 Å². The van der Waals surface area contributed by atoms with E-state index in [1.807, 2.05) is 50.2 Å². The highest BCUT2D eigenvalue weighted by molar-refractivity contribution is 7.92. The monoisotopic (exact) mass is 512 g/mol. The third kappa shape index (κ3) is 7.14. The van der Waals surface area contributed by atoms with Crippen molar-refractivity contribution in [3.8, 4) is 17.2 Å². The standard InChI is InChI=1S/C27H32N2O6S/c1-19-6-8-21(9-7-19)17-29(36(5,31)32)23-11-13-24(14-12-23)35-18-27(30)28-20(2)22-10-15-25(33-3)26(16-22)34-4/h6-16,20H,17-18H2,1-5H3,(H,28,30)/t20-/m0/s1. The summed E-state index contributed by atoms with van der Waals surface area (Å²) in [6.45, 7) is 3.88. The molecule has 1 N–H and O–H groups in total. The van der Waals surface area contributed by atoms with E-state index < -0.39 is 10.0 Å². The van der Waals surface area contributed by atoms with Crippen LogP contribution < -0.4 is 23.8 Å². The maximum Gasteiger partial charge on any atom is 0.258 e. The van der Waals surface area contributed by atoms with Crippen LogP contribution >= 0.6 is 0 Å². The highest BCUT2D eigenvalue weighted by atomic mass is 32.2. The molecule has 0 spiro atoms. The number of hydrogen-bond donors (Lipinski definition) is 1. The molecule has 1 amide bonds. The number of sulfonamides is 1. The molecular formula is C27H32N2O6S. The van der Waals surface area contributed by atoms with Crippen LogP contribution in [0, 0.1) is 6.92 Å². The number of ether oxygens (including phenoxy) is 3. The van der Waals surface area contributed by atoms with Crippen LogP contribution in [-0.4, -0.2) is 41.4 Å². The molecule has 0 fully saturated rings. The van der Waals surface area contributed by atoms with Gasteiger partial charge in [0.05, 0.1) is 38.7 Å². The quantitative estimate of drug-likeness (QED) is 0.413. The van der Waals surface area contributed by atoms with Gasteiger partial charge in [0.15, 0.2) is 18.1 Å². The molecule has 0 unspecified atom stereocenters. The van der Waals surface area contributed by atoms with Crippen molar-refractivity contribution in [3.63, 3.8) is 0 Å². The summed E-state index contributed by atoms with van der Waals surface area (Å²) in [7, 11) is -0.381. The molecule has 9 heteroatoms. The molecule has 0 saturated carbocycles. The van der Waals surface area contributed by atoms with E-state index in [4.69, 9.17) is 14.2 Å². The number of nitrogens with one attached hydrogen (secondary N) is 1. The first kappa shape index (κ1) is 26.9. The summed E-state index contributed by atoms with van der Waals surface area (Å²) in [4.78, 5) is 12.4. The third-order valence-corrected chi connectivity index (χ3v) is 6.77. The number of carbonyl (C=O) groups is 1. The molecular weight excluding hydrogens is 480 g/mol. The fourth-order valence-electron chi connectivity index (χ4n) is 3.61. The fraction of sp³-hybridized carbons (Fsp3) is 0.296. The Morgan fingerprint density at radius 3 is 2.17 bits per heavy atom. The van der Waals surface area contributed by atoms with Gasteiger partial charge >= 0.3 is 0 Å². The van der Waals surface area contributed by atoms with E-state index in [0.29, 0.717) is 22.9 Å². The number of hydrogen-bond acceptors (Lipinski definition) is 6. The van der Waals surface area contributed by atoms with Crippen molar-refractivity contribution in [2.75, 3.05) is 31.4 Å². The summed E-state index contributed by atoms with van der Waals surface area (Å²) in [5.74, 6) is 1.35. The van der Waals surface area contributed by atoms with Crippen molar-refractivity contribution in [2.45, 2.75) is 26.4 Å². The second-order valence-electron chi connectivity index (χ2n) is 8.44. The highest BCUT2D eigenvalue weighted by Crippen LogP contribution is 2.30. The Balaban J connectivity index is 1.60. The molecule has 8 nitrogen and oxygen atoms in total. The molecule has 3 aromatic rings. The molecule has 3 aromatic carbocycles. The van der Waals surface area contributed by atoms with Gasteiger partial charge in [0.25, 0.3) is 5.91 Å². The molecule has 36 heavy (non-hydrogen) atoms. The lowest BCUT2D eigenvalue weighted by Crippen LogP contribution is -2.31. The largest absolute Gasteiger partial charge is 0.493 e. The van der Waals surface area contributed by atoms with Crippen LogP contribution in [0.5, 0.6) is 17.2 Å². The van der Waals surface area contributed by atoms with Crippen LogP contribution in [0.4, 0.5) is 5.69 Å². The smallest absolute Gasteiger partial charge is 0.258 e. The van der Waals surface area contributed by atoms with Crippen molar-refractivity contribution >= 4 is 21.6 Å². The van der Waals surface area contributed by atoms with E-state index in [2.05, 4.69) is 5.32 Å². The Labute approximate surface area is 212 Å². The first-order valence-corrected chi connectivity index (χ1v) is 13.2. The summed E-state index contributed by atoms with van der Waals surface area (Å²) in [6.07, 6.45) is 1.18. The number of nitrogens with zero attached hydrogens (tertiary/aromatic N) is 1. The van der Waals surface area contributed by atoms with Crippen LogP contribution in [0.15, 0.2) is 66.7 Å². The number of benzene rings is 3. The zero-order valence-corrected chi connectivity index (χ0v) is 22.0. The lowest BCUT2D eigenvalue weighted by Gasteiger charge is -2.23. The van der Waals surface area contributed by atoms with Crippen molar-refractivity contribution < 1.29 is 27.4 Å². The normalized spacial score (nSPS) is 11.9. The van der Waals surface area contributed by atoms with E-state index in [-0.39, 0.29) is 25.1 Å². The van der Waals surface area contributed by atoms with Gasteiger partial charge in [-0.2, -0.15) is 0 Å². The minimum absolute atomic E-state index is 0.184. The number of rotatable bonds is 11. The van der Waals surface area contributed by atoms with Crippen molar-refractivity contribution in [2.24, 2.45) is 0 Å². The summed E-state index contributed by atoms with van der Waals surface area (Å²) in [5.41, 5.74) is 3.36. The molecule has 0 bridgehead atoms. The van der Waals surface area contributed by atoms with Gasteiger partial charge in [-0.3, -0.25) is 9.10 Å². The molecule has 0 saturated heterocycles. The maximum atomic E-state index is 12.4. The van der Waals surface area contributed by atoms with Crippen LogP contribution in [-0.2, 0) is 21.4 Å². The van der Waals surface area contributed by atoms with Crippen LogP contribution in [0.3, 0.4) is 0 Å². The van der Waals surface area contributed by atoms with Crippen molar-refractivity contribution in [1.29, 1.82) is 0 Å². The lowest BCUT2D eigenvalue weighted by atomic mass is 10.1. The Morgan fingerprint density at radius 2 is 1.58 bits per heavy atom. The van der Waals surface area contributed by atoms with E-state index in [9.17, 15) is 13.2 Å². The maximum absolute atomic E-state index is 12.4. The average molecular weight is 513 g/mol. The Bertz CT molecular complexity index is 1270. The molecule has 1 atom stereocenters. The lowest BCUT2D eigenvalue weighted by molar-refractivity contribution is -0.123. The van der Waals surface area contributed by atoms with Gasteiger partial charge in [-0.15, -0.1) is 0 Å². The van der Waals surface area contributed by atoms with Crippen LogP contribution in [0.25, 0.3) is 0 Å². The van der Waals surface area contributed by atoms with Gasteiger partial charge < -0.3 is 19.5 Å². The molecule has 192 valence electrons. The third-order valence-electron chi connectivity index (χ3n) is 5.63. The molecule has 0 radical (unpaired) electrons. The molecule has 3 rings (SSSR count). The Kier molecular flexibility index (Phi) is 8.82. The zero-order chi connectivity index (χ0) is 26.3. The van der Waals surface area contributed by atoms with Gasteiger partial charge in [0.1, 0.15) is 5.75 Å². The number of amides is 1. The van der Waals surface area contributed by atoms with Crippen molar-refractivity contribution in [1.82, 2.24) is 5.32 Å². The second kappa shape index (κ2) is 11.8. The number of anilines is 1. The SMILES string of the molecule is COc1ccc([C@H](C)NC(=O)COc2ccc(N(Cc3ccc(C)cc3)S(C)(=O)=O)cc2)cc1OC. The molecule has 0 aromatic heterocycles. The molecule has 0 heterocycles. The molecule has 0 aliphatic carbocycles. The van der Waals surface area contributed by atoms with Crippen LogP contribution in [0.1, 0.15) is 29.7 Å². The first-order valence-electron chi connectivity index (χ1n) is 11.4. The van der Waals surface area contributed by atoms with Gasteiger partial charge in [-0.05, 0) is 61.4 Å². The Morgan fingerprint density at radius 1 is 0.944 bits per heavy atom. The van der Waals surface area contributed by atoms with E-state index >= 15 is 0 Å². The summed E-state index contributed by atoms with van der Waals surface area (Å²) in [6, 6.07) is 19.5. The highest BCUT2D eigenvalue weighted by Gasteiger charge is 2.18. The topological polar surface area (TPSA) is 94.2 Å². The predicted octanol–water partition coefficient (Wildman–Crippen LogP) is 4.23. The van der Waals surface area contributed by atoms with Crippen LogP contribution in [0.2, 0.25) is 0 Å². The first-order chi connectivity index (χ1) is 17.1. The number of carbonyl (C=O) groups excluding carboxylic acids is 1. The van der Waals surface area contributed by atoms with Crippen molar-refractivity contribution in [3.05, 3.63) is 83.4 Å². The summed E-state index contributed by atoms with van der Waals surface area (Å²) >= 11 is 0. The number of aryl methyl sites for hydroxylation is 1. The predicted molar refractivity (Wildman–Crippen MR) is 140 cm³/mol. The number of methoxy groups -OCH3 is 2. The fourth-order valence-corrected chi connectivity index (χ4v) is 4.49. The van der Waals surface area contributed by atoms with E-state index in [0.717, 1.165) is 16.7 Å². The second-order valence-corrected chi connectivity index (χ2v) is 10.3. The summed E-state index contributed by atoms with van der Waals surface area (Å²) < 4.78 is 42.4. The van der Waals surface area contributed by atoms with Gasteiger partial charge in [0, 0.05) is 0 Å². The summed E-state index contributed by atoms with van der Waals surface area (Å²) in [5, 5.41) is 2.89. The molecule has 0 aliphatic heterocycles. The van der Waals surface area contributed by atoms with Gasteiger partial charge in [-0.1, -0.05) is 35.9 Å². The zero-order valence-electron chi connectivity index (χ0n) is 21.1. The van der Waals surface area contributed by atoms with E-state index in [1.165, 1.54) is 10.6 Å².